The Hall–Kier alpha value is -0.395. The molecule has 1 saturated heterocycles. The van der Waals surface area contributed by atoms with Gasteiger partial charge in [-0.3, -0.25) is 0 Å². The molecule has 0 atom stereocenters. The summed E-state index contributed by atoms with van der Waals surface area (Å²) in [5.74, 6) is -1.23. The monoisotopic (exact) mass is 314 g/mol. The van der Waals surface area contributed by atoms with Gasteiger partial charge in [-0.25, -0.2) is 0 Å². The molecule has 1 heterocycles. The molecule has 1 aliphatic rings. The highest BCUT2D eigenvalue weighted by Crippen LogP contribution is 2.40. The average Bonchev–Trinajstić information content (AvgIpc) is 2.57. The van der Waals surface area contributed by atoms with Gasteiger partial charge in [0, 0.05) is 31.7 Å². The maximum atomic E-state index is 6.01. The summed E-state index contributed by atoms with van der Waals surface area (Å²) >= 11 is 0. The molecule has 0 aromatic rings. The van der Waals surface area contributed by atoms with Crippen molar-refractivity contribution in [2.45, 2.75) is 72.0 Å². The quantitative estimate of drug-likeness (QED) is 0.371. The predicted molar refractivity (Wildman–Crippen MR) is 87.6 cm³/mol. The summed E-state index contributed by atoms with van der Waals surface area (Å²) in [6.45, 7) is 19.3. The second-order valence-electron chi connectivity index (χ2n) is 6.35. The molecule has 0 spiro atoms. The Bertz CT molecular complexity index is 348. The summed E-state index contributed by atoms with van der Waals surface area (Å²) in [6, 6.07) is 0. The minimum absolute atomic E-state index is 0.372. The molecular weight excluding hydrogens is 283 g/mol. The van der Waals surface area contributed by atoms with Gasteiger partial charge >= 0.3 is 13.1 Å². The van der Waals surface area contributed by atoms with E-state index in [-0.39, 0.29) is 11.2 Å². The minimum atomic E-state index is -1.23. The van der Waals surface area contributed by atoms with Gasteiger partial charge in [-0.1, -0.05) is 6.58 Å². The van der Waals surface area contributed by atoms with Gasteiger partial charge in [0.05, 0.1) is 11.2 Å². The Morgan fingerprint density at radius 2 is 1.27 bits per heavy atom. The van der Waals surface area contributed by atoms with Crippen molar-refractivity contribution in [2.24, 2.45) is 0 Å². The van der Waals surface area contributed by atoms with E-state index in [2.05, 4.69) is 6.58 Å². The van der Waals surface area contributed by atoms with Crippen molar-refractivity contribution < 1.29 is 23.5 Å². The van der Waals surface area contributed by atoms with E-state index >= 15 is 0 Å². The van der Waals surface area contributed by atoms with Crippen molar-refractivity contribution in [1.82, 2.24) is 0 Å². The first-order valence-electron chi connectivity index (χ1n) is 8.09. The molecule has 128 valence electrons. The Morgan fingerprint density at radius 1 is 0.909 bits per heavy atom. The SMILES string of the molecule is C=C(CB1OC(C)(C)C(C)(C)O1)C(OCC)(OCC)OCC. The van der Waals surface area contributed by atoms with Gasteiger partial charge in [0.25, 0.3) is 0 Å². The zero-order valence-electron chi connectivity index (χ0n) is 15.2. The summed E-state index contributed by atoms with van der Waals surface area (Å²) < 4.78 is 29.2. The van der Waals surface area contributed by atoms with Crippen molar-refractivity contribution in [3.8, 4) is 0 Å². The third-order valence-electron chi connectivity index (χ3n) is 4.15. The molecule has 0 radical (unpaired) electrons. The first kappa shape index (κ1) is 19.7. The van der Waals surface area contributed by atoms with E-state index in [9.17, 15) is 0 Å². The van der Waals surface area contributed by atoms with E-state index in [1.165, 1.54) is 0 Å². The van der Waals surface area contributed by atoms with Crippen molar-refractivity contribution >= 4 is 7.12 Å². The molecule has 0 bridgehead atoms. The van der Waals surface area contributed by atoms with Crippen LogP contribution >= 0.6 is 0 Å². The third-order valence-corrected chi connectivity index (χ3v) is 4.15. The molecular formula is C16H31BO5. The predicted octanol–water partition coefficient (Wildman–Crippen LogP) is 3.40. The van der Waals surface area contributed by atoms with Crippen LogP contribution in [0.3, 0.4) is 0 Å². The van der Waals surface area contributed by atoms with Crippen LogP contribution in [0.5, 0.6) is 0 Å². The maximum absolute atomic E-state index is 6.01. The molecule has 0 N–H and O–H groups in total. The largest absolute Gasteiger partial charge is 0.462 e. The lowest BCUT2D eigenvalue weighted by Gasteiger charge is -2.34. The summed E-state index contributed by atoms with van der Waals surface area (Å²) in [5, 5.41) is 0. The van der Waals surface area contributed by atoms with Gasteiger partial charge in [0.15, 0.2) is 0 Å². The Balaban J connectivity index is 2.84. The second kappa shape index (κ2) is 7.45. The maximum Gasteiger partial charge on any atom is 0.462 e. The van der Waals surface area contributed by atoms with Gasteiger partial charge in [-0.2, -0.15) is 0 Å². The first-order chi connectivity index (χ1) is 10.1. The van der Waals surface area contributed by atoms with E-state index in [0.717, 1.165) is 0 Å². The molecule has 0 unspecified atom stereocenters. The minimum Gasteiger partial charge on any atom is -0.403 e. The van der Waals surface area contributed by atoms with Crippen LogP contribution in [0.4, 0.5) is 0 Å². The molecule has 1 fully saturated rings. The van der Waals surface area contributed by atoms with Crippen molar-refractivity contribution in [2.75, 3.05) is 19.8 Å². The van der Waals surface area contributed by atoms with E-state index in [1.54, 1.807) is 0 Å². The van der Waals surface area contributed by atoms with Crippen LogP contribution in [0.15, 0.2) is 12.2 Å². The molecule has 22 heavy (non-hydrogen) atoms. The molecule has 1 rings (SSSR count). The van der Waals surface area contributed by atoms with Crippen LogP contribution in [0, 0.1) is 0 Å². The van der Waals surface area contributed by atoms with Gasteiger partial charge in [-0.15, -0.1) is 0 Å². The highest BCUT2D eigenvalue weighted by Gasteiger charge is 2.52. The number of hydrogen-bond acceptors (Lipinski definition) is 5. The molecule has 0 saturated carbocycles. The van der Waals surface area contributed by atoms with Crippen molar-refractivity contribution in [3.63, 3.8) is 0 Å². The van der Waals surface area contributed by atoms with E-state index in [4.69, 9.17) is 23.5 Å². The summed E-state index contributed by atoms with van der Waals surface area (Å²) in [4.78, 5) is 0. The summed E-state index contributed by atoms with van der Waals surface area (Å²) in [7, 11) is -0.391. The van der Waals surface area contributed by atoms with Crippen LogP contribution < -0.4 is 0 Å². The van der Waals surface area contributed by atoms with Crippen LogP contribution in [0.1, 0.15) is 48.5 Å². The second-order valence-corrected chi connectivity index (χ2v) is 6.35. The summed E-state index contributed by atoms with van der Waals surface area (Å²) in [5.41, 5.74) is -0.0797. The molecule has 0 amide bonds. The molecule has 0 aliphatic carbocycles. The Kier molecular flexibility index (Phi) is 6.65. The van der Waals surface area contributed by atoms with E-state index in [1.807, 2.05) is 48.5 Å². The lowest BCUT2D eigenvalue weighted by atomic mass is 9.80. The number of rotatable bonds is 9. The Labute approximate surface area is 135 Å². The van der Waals surface area contributed by atoms with Crippen LogP contribution in [0.2, 0.25) is 6.32 Å². The van der Waals surface area contributed by atoms with Crippen LogP contribution in [0.25, 0.3) is 0 Å². The highest BCUT2D eigenvalue weighted by molar-refractivity contribution is 6.46. The number of ether oxygens (including phenoxy) is 3. The van der Waals surface area contributed by atoms with Gasteiger partial charge < -0.3 is 23.5 Å². The van der Waals surface area contributed by atoms with E-state index in [0.29, 0.717) is 31.7 Å². The van der Waals surface area contributed by atoms with E-state index < -0.39 is 13.1 Å². The first-order valence-corrected chi connectivity index (χ1v) is 8.09. The normalized spacial score (nSPS) is 20.4. The molecule has 0 aromatic carbocycles. The lowest BCUT2D eigenvalue weighted by Crippen LogP contribution is -2.42. The fraction of sp³-hybridized carbons (Fsp3) is 0.875. The summed E-state index contributed by atoms with van der Waals surface area (Å²) in [6.07, 6.45) is 0.451. The molecule has 1 aliphatic heterocycles. The van der Waals surface area contributed by atoms with Gasteiger partial charge in [0.1, 0.15) is 0 Å². The fourth-order valence-corrected chi connectivity index (χ4v) is 2.38. The van der Waals surface area contributed by atoms with Crippen molar-refractivity contribution in [3.05, 3.63) is 12.2 Å². The van der Waals surface area contributed by atoms with Crippen LogP contribution in [-0.4, -0.2) is 44.1 Å². The zero-order chi connectivity index (χ0) is 17.0. The highest BCUT2D eigenvalue weighted by atomic mass is 16.9. The smallest absolute Gasteiger partial charge is 0.403 e. The Morgan fingerprint density at radius 3 is 1.59 bits per heavy atom. The van der Waals surface area contributed by atoms with Crippen molar-refractivity contribution in [1.29, 1.82) is 0 Å². The molecule has 0 aromatic heterocycles. The van der Waals surface area contributed by atoms with Gasteiger partial charge in [0.2, 0.25) is 0 Å². The standard InChI is InChI=1S/C16H31BO5/c1-9-18-16(19-10-2,20-11-3)13(4)12-17-21-14(5,6)15(7,8)22-17/h4,9-12H2,1-3,5-8H3. The van der Waals surface area contributed by atoms with Gasteiger partial charge in [-0.05, 0) is 48.5 Å². The lowest BCUT2D eigenvalue weighted by molar-refractivity contribution is -0.352. The zero-order valence-corrected chi connectivity index (χ0v) is 15.2. The average molecular weight is 314 g/mol. The third kappa shape index (κ3) is 4.12. The molecule has 6 heteroatoms. The fourth-order valence-electron chi connectivity index (χ4n) is 2.38. The van der Waals surface area contributed by atoms with Crippen LogP contribution in [-0.2, 0) is 23.5 Å². The molecule has 5 nitrogen and oxygen atoms in total. The topological polar surface area (TPSA) is 46.2 Å². The number of hydrogen-bond donors (Lipinski definition) is 0.